The van der Waals surface area contributed by atoms with Gasteiger partial charge in [-0.15, -0.1) is 0 Å². The molecule has 2 atom stereocenters. The first-order valence-electron chi connectivity index (χ1n) is 7.92. The molecular weight excluding hydrogens is 310 g/mol. The first kappa shape index (κ1) is 17.8. The normalized spacial score (nSPS) is 26.5. The predicted octanol–water partition coefficient (Wildman–Crippen LogP) is 3.40. The van der Waals surface area contributed by atoms with Crippen molar-refractivity contribution in [3.63, 3.8) is 0 Å². The number of nitrogens with zero attached hydrogens (tertiary/aromatic N) is 2. The van der Waals surface area contributed by atoms with E-state index in [1.807, 2.05) is 24.3 Å². The number of rotatable bonds is 6. The lowest BCUT2D eigenvalue weighted by atomic mass is 9.72. The molecule has 0 aromatic heterocycles. The summed E-state index contributed by atoms with van der Waals surface area (Å²) in [6, 6.07) is 7.84. The number of hydrogen-bond acceptors (Lipinski definition) is 3. The van der Waals surface area contributed by atoms with Crippen molar-refractivity contribution in [1.29, 1.82) is 0 Å². The standard InChI is InChI=1S/C18H26ClN3O/c1-4-22(21-13-20)12-18(23)15(9-10-17(18,2)3)11-14-5-7-16(19)8-6-14/h4-8,13,15,23H,1,9-12H2,2-3H3,(H2,20,21). The molecular formula is C18H26ClN3O. The highest BCUT2D eigenvalue weighted by molar-refractivity contribution is 6.30. The van der Waals surface area contributed by atoms with Crippen LogP contribution in [0.4, 0.5) is 0 Å². The van der Waals surface area contributed by atoms with Crippen molar-refractivity contribution < 1.29 is 5.11 Å². The van der Waals surface area contributed by atoms with E-state index in [1.165, 1.54) is 11.9 Å². The topological polar surface area (TPSA) is 61.8 Å². The molecule has 0 heterocycles. The van der Waals surface area contributed by atoms with Crippen molar-refractivity contribution in [2.24, 2.45) is 22.2 Å². The van der Waals surface area contributed by atoms with Gasteiger partial charge in [0.05, 0.1) is 12.1 Å². The first-order valence-corrected chi connectivity index (χ1v) is 8.30. The summed E-state index contributed by atoms with van der Waals surface area (Å²) in [6.07, 6.45) is 5.58. The SMILES string of the molecule is C=CN(CC1(O)C(Cc2ccc(Cl)cc2)CCC1(C)C)/N=C\N. The van der Waals surface area contributed by atoms with Crippen LogP contribution in [0, 0.1) is 11.3 Å². The highest BCUT2D eigenvalue weighted by atomic mass is 35.5. The lowest BCUT2D eigenvalue weighted by molar-refractivity contribution is -0.0897. The highest BCUT2D eigenvalue weighted by Gasteiger charge is 2.54. The summed E-state index contributed by atoms with van der Waals surface area (Å²) < 4.78 is 0. The second-order valence-electron chi connectivity index (χ2n) is 6.92. The van der Waals surface area contributed by atoms with Crippen LogP contribution in [-0.2, 0) is 6.42 Å². The Morgan fingerprint density at radius 3 is 2.65 bits per heavy atom. The van der Waals surface area contributed by atoms with E-state index in [-0.39, 0.29) is 11.3 Å². The lowest BCUT2D eigenvalue weighted by Gasteiger charge is -2.42. The maximum Gasteiger partial charge on any atom is 0.106 e. The number of hydrogen-bond donors (Lipinski definition) is 2. The van der Waals surface area contributed by atoms with Gasteiger partial charge in [-0.25, -0.2) is 0 Å². The van der Waals surface area contributed by atoms with Crippen molar-refractivity contribution in [3.8, 4) is 0 Å². The van der Waals surface area contributed by atoms with E-state index < -0.39 is 5.60 Å². The third kappa shape index (κ3) is 3.70. The van der Waals surface area contributed by atoms with Crippen molar-refractivity contribution in [3.05, 3.63) is 47.6 Å². The van der Waals surface area contributed by atoms with Gasteiger partial charge in [0.25, 0.3) is 0 Å². The molecule has 2 unspecified atom stereocenters. The van der Waals surface area contributed by atoms with Crippen LogP contribution in [0.1, 0.15) is 32.3 Å². The fourth-order valence-electron chi connectivity index (χ4n) is 3.55. The summed E-state index contributed by atoms with van der Waals surface area (Å²) in [7, 11) is 0. The lowest BCUT2D eigenvalue weighted by Crippen LogP contribution is -2.52. The van der Waals surface area contributed by atoms with E-state index in [0.29, 0.717) is 6.54 Å². The molecule has 3 N–H and O–H groups in total. The van der Waals surface area contributed by atoms with Gasteiger partial charge in [-0.05, 0) is 48.3 Å². The maximum atomic E-state index is 11.5. The summed E-state index contributed by atoms with van der Waals surface area (Å²) in [5, 5.41) is 17.9. The monoisotopic (exact) mass is 335 g/mol. The molecule has 4 nitrogen and oxygen atoms in total. The molecule has 1 saturated carbocycles. The van der Waals surface area contributed by atoms with Crippen LogP contribution in [0.2, 0.25) is 5.02 Å². The minimum Gasteiger partial charge on any atom is -0.388 e. The van der Waals surface area contributed by atoms with E-state index in [4.69, 9.17) is 17.3 Å². The van der Waals surface area contributed by atoms with Crippen molar-refractivity contribution in [2.45, 2.75) is 38.7 Å². The van der Waals surface area contributed by atoms with Gasteiger partial charge in [0.2, 0.25) is 0 Å². The summed E-state index contributed by atoms with van der Waals surface area (Å²) >= 11 is 5.96. The van der Waals surface area contributed by atoms with E-state index in [9.17, 15) is 5.11 Å². The van der Waals surface area contributed by atoms with Crippen molar-refractivity contribution >= 4 is 17.9 Å². The fraction of sp³-hybridized carbons (Fsp3) is 0.500. The molecule has 2 rings (SSSR count). The Morgan fingerprint density at radius 1 is 1.43 bits per heavy atom. The summed E-state index contributed by atoms with van der Waals surface area (Å²) in [5.41, 5.74) is 5.50. The predicted molar refractivity (Wildman–Crippen MR) is 96.2 cm³/mol. The van der Waals surface area contributed by atoms with Gasteiger partial charge in [0.15, 0.2) is 0 Å². The molecule has 0 saturated heterocycles. The number of benzene rings is 1. The van der Waals surface area contributed by atoms with Crippen LogP contribution in [0.3, 0.4) is 0 Å². The molecule has 23 heavy (non-hydrogen) atoms. The van der Waals surface area contributed by atoms with E-state index in [1.54, 1.807) is 11.2 Å². The van der Waals surface area contributed by atoms with Crippen LogP contribution in [-0.4, -0.2) is 28.6 Å². The maximum absolute atomic E-state index is 11.5. The number of nitrogens with two attached hydrogens (primary N) is 1. The Kier molecular flexibility index (Phi) is 5.37. The van der Waals surface area contributed by atoms with Gasteiger partial charge in [0, 0.05) is 11.2 Å². The number of aliphatic hydroxyl groups is 1. The largest absolute Gasteiger partial charge is 0.388 e. The van der Waals surface area contributed by atoms with Gasteiger partial charge < -0.3 is 10.8 Å². The van der Waals surface area contributed by atoms with Crippen molar-refractivity contribution in [1.82, 2.24) is 5.01 Å². The average molecular weight is 336 g/mol. The van der Waals surface area contributed by atoms with Crippen LogP contribution in [0.25, 0.3) is 0 Å². The Balaban J connectivity index is 2.23. The Hall–Kier alpha value is -1.52. The van der Waals surface area contributed by atoms with Crippen LogP contribution < -0.4 is 5.73 Å². The van der Waals surface area contributed by atoms with Gasteiger partial charge in [0.1, 0.15) is 6.34 Å². The molecule has 0 amide bonds. The molecule has 0 radical (unpaired) electrons. The second kappa shape index (κ2) is 6.93. The molecule has 0 spiro atoms. The molecule has 0 aliphatic heterocycles. The van der Waals surface area contributed by atoms with Gasteiger partial charge in [-0.2, -0.15) is 5.10 Å². The average Bonchev–Trinajstić information content (AvgIpc) is 2.72. The second-order valence-corrected chi connectivity index (χ2v) is 7.36. The smallest absolute Gasteiger partial charge is 0.106 e. The van der Waals surface area contributed by atoms with Gasteiger partial charge in [-0.3, -0.25) is 5.01 Å². The quantitative estimate of drug-likeness (QED) is 0.476. The third-order valence-corrected chi connectivity index (χ3v) is 5.44. The number of hydrazone groups is 1. The highest BCUT2D eigenvalue weighted by Crippen LogP contribution is 2.51. The van der Waals surface area contributed by atoms with Gasteiger partial charge >= 0.3 is 0 Å². The molecule has 1 fully saturated rings. The molecule has 1 aromatic rings. The Bertz CT molecular complexity index is 570. The minimum absolute atomic E-state index is 0.147. The molecule has 126 valence electrons. The third-order valence-electron chi connectivity index (χ3n) is 5.19. The first-order chi connectivity index (χ1) is 10.8. The molecule has 1 aliphatic carbocycles. The molecule has 5 heteroatoms. The summed E-state index contributed by atoms with van der Waals surface area (Å²) in [5.74, 6) is 0.147. The number of halogens is 1. The Labute approximate surface area is 143 Å². The zero-order valence-electron chi connectivity index (χ0n) is 13.9. The van der Waals surface area contributed by atoms with Crippen LogP contribution in [0.15, 0.2) is 42.1 Å². The molecule has 0 bridgehead atoms. The van der Waals surface area contributed by atoms with Crippen LogP contribution >= 0.6 is 11.6 Å². The minimum atomic E-state index is -0.868. The fourth-order valence-corrected chi connectivity index (χ4v) is 3.67. The van der Waals surface area contributed by atoms with Crippen LogP contribution in [0.5, 0.6) is 0 Å². The van der Waals surface area contributed by atoms with E-state index >= 15 is 0 Å². The zero-order valence-corrected chi connectivity index (χ0v) is 14.6. The van der Waals surface area contributed by atoms with E-state index in [0.717, 1.165) is 24.3 Å². The van der Waals surface area contributed by atoms with Crippen molar-refractivity contribution in [2.75, 3.05) is 6.54 Å². The molecule has 1 aromatic carbocycles. The van der Waals surface area contributed by atoms with E-state index in [2.05, 4.69) is 25.5 Å². The Morgan fingerprint density at radius 2 is 2.09 bits per heavy atom. The summed E-state index contributed by atoms with van der Waals surface area (Å²) in [6.45, 7) is 8.36. The summed E-state index contributed by atoms with van der Waals surface area (Å²) in [4.78, 5) is 0. The zero-order chi connectivity index (χ0) is 17.1. The molecule has 1 aliphatic rings. The van der Waals surface area contributed by atoms with Gasteiger partial charge in [-0.1, -0.05) is 44.2 Å².